The molecule has 2 heterocycles. The van der Waals surface area contributed by atoms with Gasteiger partial charge < -0.3 is 8.98 Å². The lowest BCUT2D eigenvalue weighted by atomic mass is 10.2. The molecular weight excluding hydrogens is 296 g/mol. The van der Waals surface area contributed by atoms with Gasteiger partial charge in [-0.2, -0.15) is 0 Å². The molecule has 3 aromatic rings. The van der Waals surface area contributed by atoms with Crippen LogP contribution < -0.4 is 0 Å². The molecule has 0 aliphatic carbocycles. The van der Waals surface area contributed by atoms with Crippen molar-refractivity contribution in [3.05, 3.63) is 36.0 Å². The number of aryl methyl sites for hydroxylation is 2. The summed E-state index contributed by atoms with van der Waals surface area (Å²) in [5, 5.41) is 8.93. The zero-order valence-corrected chi connectivity index (χ0v) is 13.8. The molecule has 0 saturated carbocycles. The van der Waals surface area contributed by atoms with E-state index in [-0.39, 0.29) is 0 Å². The van der Waals surface area contributed by atoms with Crippen LogP contribution in [0.2, 0.25) is 0 Å². The highest BCUT2D eigenvalue weighted by Crippen LogP contribution is 2.27. The number of imidazole rings is 1. The van der Waals surface area contributed by atoms with E-state index in [1.165, 1.54) is 24.8 Å². The first kappa shape index (κ1) is 15.1. The fourth-order valence-electron chi connectivity index (χ4n) is 2.42. The maximum absolute atomic E-state index is 5.44. The molecule has 0 N–H and O–H groups in total. The smallest absolute Gasteiger partial charge is 0.226 e. The second-order valence-electron chi connectivity index (χ2n) is 5.25. The molecule has 1 aromatic carbocycles. The van der Waals surface area contributed by atoms with Crippen LogP contribution in [0.5, 0.6) is 0 Å². The number of nitrogens with zero attached hydrogens (tertiary/aromatic N) is 4. The van der Waals surface area contributed by atoms with E-state index >= 15 is 0 Å². The number of aromatic nitrogens is 4. The first-order valence-electron chi connectivity index (χ1n) is 7.65. The van der Waals surface area contributed by atoms with Crippen molar-refractivity contribution in [3.63, 3.8) is 0 Å². The minimum absolute atomic E-state index is 0.604. The Morgan fingerprint density at radius 2 is 2.05 bits per heavy atom. The van der Waals surface area contributed by atoms with Crippen molar-refractivity contribution in [1.82, 2.24) is 19.7 Å². The van der Waals surface area contributed by atoms with E-state index in [0.717, 1.165) is 17.2 Å². The molecule has 6 heteroatoms. The van der Waals surface area contributed by atoms with Gasteiger partial charge in [-0.3, -0.25) is 0 Å². The molecule has 2 aromatic heterocycles. The Labute approximate surface area is 134 Å². The Morgan fingerprint density at radius 3 is 2.82 bits per heavy atom. The third-order valence-corrected chi connectivity index (χ3v) is 4.46. The lowest BCUT2D eigenvalue weighted by Gasteiger charge is -2.07. The van der Waals surface area contributed by atoms with Crippen LogP contribution in [0.1, 0.15) is 38.0 Å². The molecule has 0 fully saturated rings. The molecule has 0 unspecified atom stereocenters. The third-order valence-electron chi connectivity index (χ3n) is 3.50. The molecule has 116 valence electrons. The van der Waals surface area contributed by atoms with Gasteiger partial charge in [-0.1, -0.05) is 43.7 Å². The van der Waals surface area contributed by atoms with Crippen LogP contribution in [0, 0.1) is 6.92 Å². The fraction of sp³-hybridized carbons (Fsp3) is 0.438. The number of rotatable bonds is 7. The summed E-state index contributed by atoms with van der Waals surface area (Å²) in [6.45, 7) is 5.03. The number of benzene rings is 1. The summed E-state index contributed by atoms with van der Waals surface area (Å²) in [6.07, 6.45) is 3.62. The number of fused-ring (bicyclic) bond motifs is 1. The number of thioether (sulfide) groups is 1. The summed E-state index contributed by atoms with van der Waals surface area (Å²) < 4.78 is 7.74. The molecule has 22 heavy (non-hydrogen) atoms. The minimum Gasteiger partial charge on any atom is -0.425 e. The van der Waals surface area contributed by atoms with E-state index in [1.54, 1.807) is 18.7 Å². The predicted molar refractivity (Wildman–Crippen MR) is 87.9 cm³/mol. The average Bonchev–Trinajstić information content (AvgIpc) is 3.09. The van der Waals surface area contributed by atoms with Gasteiger partial charge >= 0.3 is 0 Å². The summed E-state index contributed by atoms with van der Waals surface area (Å²) in [7, 11) is 0. The quantitative estimate of drug-likeness (QED) is 0.483. The van der Waals surface area contributed by atoms with Gasteiger partial charge in [0.25, 0.3) is 0 Å². The Hall–Kier alpha value is -1.82. The first-order valence-corrected chi connectivity index (χ1v) is 8.63. The topological polar surface area (TPSA) is 56.7 Å². The highest BCUT2D eigenvalue weighted by atomic mass is 32.2. The van der Waals surface area contributed by atoms with Gasteiger partial charge in [0.15, 0.2) is 5.16 Å². The first-order chi connectivity index (χ1) is 10.8. The van der Waals surface area contributed by atoms with E-state index in [4.69, 9.17) is 9.40 Å². The van der Waals surface area contributed by atoms with E-state index in [2.05, 4.69) is 39.9 Å². The van der Waals surface area contributed by atoms with Crippen LogP contribution in [0.15, 0.2) is 33.8 Å². The molecule has 5 nitrogen and oxygen atoms in total. The molecule has 3 rings (SSSR count). The summed E-state index contributed by atoms with van der Waals surface area (Å²) >= 11 is 1.65. The second kappa shape index (κ2) is 6.96. The SMILES string of the molecule is CCCCCn1c(SCc2nnc(C)o2)nc2ccccc21. The molecule has 0 amide bonds. The van der Waals surface area contributed by atoms with Crippen molar-refractivity contribution in [2.75, 3.05) is 0 Å². The molecule has 0 spiro atoms. The van der Waals surface area contributed by atoms with E-state index < -0.39 is 0 Å². The lowest BCUT2D eigenvalue weighted by molar-refractivity contribution is 0.485. The molecule has 0 atom stereocenters. The molecule has 0 aliphatic rings. The van der Waals surface area contributed by atoms with Crippen LogP contribution in [0.3, 0.4) is 0 Å². The Balaban J connectivity index is 1.81. The zero-order valence-electron chi connectivity index (χ0n) is 13.0. The van der Waals surface area contributed by atoms with E-state index in [9.17, 15) is 0 Å². The number of unbranched alkanes of at least 4 members (excludes halogenated alkanes) is 2. The van der Waals surface area contributed by atoms with Crippen LogP contribution in [0.25, 0.3) is 11.0 Å². The zero-order chi connectivity index (χ0) is 15.4. The highest BCUT2D eigenvalue weighted by molar-refractivity contribution is 7.98. The fourth-order valence-corrected chi connectivity index (χ4v) is 3.30. The predicted octanol–water partition coefficient (Wildman–Crippen LogP) is 4.21. The monoisotopic (exact) mass is 316 g/mol. The van der Waals surface area contributed by atoms with Crippen molar-refractivity contribution in [2.24, 2.45) is 0 Å². The lowest BCUT2D eigenvalue weighted by Crippen LogP contribution is -2.00. The minimum atomic E-state index is 0.604. The van der Waals surface area contributed by atoms with E-state index in [0.29, 0.717) is 17.5 Å². The summed E-state index contributed by atoms with van der Waals surface area (Å²) in [6, 6.07) is 8.29. The van der Waals surface area contributed by atoms with Gasteiger partial charge in [0, 0.05) is 13.5 Å². The van der Waals surface area contributed by atoms with E-state index in [1.807, 2.05) is 6.07 Å². The van der Waals surface area contributed by atoms with Gasteiger partial charge in [0.1, 0.15) is 0 Å². The molecule has 0 radical (unpaired) electrons. The summed E-state index contributed by atoms with van der Waals surface area (Å²) in [5.74, 6) is 1.90. The van der Waals surface area contributed by atoms with Crippen molar-refractivity contribution in [3.8, 4) is 0 Å². The standard InChI is InChI=1S/C16H20N4OS/c1-3-4-7-10-20-14-9-6-5-8-13(14)17-16(20)22-11-15-19-18-12(2)21-15/h5-6,8-9H,3-4,7,10-11H2,1-2H3. The van der Waals surface area contributed by atoms with Gasteiger partial charge in [-0.25, -0.2) is 4.98 Å². The molecule has 0 aliphatic heterocycles. The van der Waals surface area contributed by atoms with Gasteiger partial charge in [0.2, 0.25) is 11.8 Å². The normalized spacial score (nSPS) is 11.4. The Kier molecular flexibility index (Phi) is 4.77. The number of hydrogen-bond acceptors (Lipinski definition) is 5. The Bertz CT molecular complexity index is 750. The summed E-state index contributed by atoms with van der Waals surface area (Å²) in [4.78, 5) is 4.75. The van der Waals surface area contributed by atoms with Gasteiger partial charge in [-0.05, 0) is 18.6 Å². The van der Waals surface area contributed by atoms with Gasteiger partial charge in [0.05, 0.1) is 16.8 Å². The average molecular weight is 316 g/mol. The Morgan fingerprint density at radius 1 is 1.18 bits per heavy atom. The maximum atomic E-state index is 5.44. The van der Waals surface area contributed by atoms with Gasteiger partial charge in [-0.15, -0.1) is 10.2 Å². The van der Waals surface area contributed by atoms with Crippen molar-refractivity contribution < 1.29 is 4.42 Å². The van der Waals surface area contributed by atoms with Crippen molar-refractivity contribution in [1.29, 1.82) is 0 Å². The van der Waals surface area contributed by atoms with Crippen molar-refractivity contribution >= 4 is 22.8 Å². The van der Waals surface area contributed by atoms with Crippen LogP contribution >= 0.6 is 11.8 Å². The third kappa shape index (κ3) is 3.32. The van der Waals surface area contributed by atoms with Crippen LogP contribution in [-0.4, -0.2) is 19.7 Å². The number of hydrogen-bond donors (Lipinski definition) is 0. The van der Waals surface area contributed by atoms with Crippen LogP contribution in [-0.2, 0) is 12.3 Å². The summed E-state index contributed by atoms with van der Waals surface area (Å²) in [5.41, 5.74) is 2.24. The maximum Gasteiger partial charge on any atom is 0.226 e. The van der Waals surface area contributed by atoms with Crippen molar-refractivity contribution in [2.45, 2.75) is 50.6 Å². The molecule has 0 saturated heterocycles. The molecular formula is C16H20N4OS. The second-order valence-corrected chi connectivity index (χ2v) is 6.19. The number of para-hydroxylation sites is 2. The highest BCUT2D eigenvalue weighted by Gasteiger charge is 2.12. The van der Waals surface area contributed by atoms with Crippen LogP contribution in [0.4, 0.5) is 0 Å². The largest absolute Gasteiger partial charge is 0.425 e. The molecule has 0 bridgehead atoms.